The SMILES string of the molecule is O=C1N=C(N2CCCCCC2)S/C1=C\c1cccc(Br)c1. The number of thioether (sulfide) groups is 1. The Morgan fingerprint density at radius 2 is 1.95 bits per heavy atom. The molecule has 21 heavy (non-hydrogen) atoms. The molecule has 3 nitrogen and oxygen atoms in total. The normalized spacial score (nSPS) is 21.6. The molecule has 0 radical (unpaired) electrons. The number of hydrogen-bond acceptors (Lipinski definition) is 3. The van der Waals surface area contributed by atoms with Gasteiger partial charge in [-0.2, -0.15) is 4.99 Å². The summed E-state index contributed by atoms with van der Waals surface area (Å²) >= 11 is 4.96. The second-order valence-corrected chi connectivity index (χ2v) is 7.19. The Labute approximate surface area is 137 Å². The number of halogens is 1. The summed E-state index contributed by atoms with van der Waals surface area (Å²) in [7, 11) is 0. The van der Waals surface area contributed by atoms with Crippen LogP contribution in [0.4, 0.5) is 0 Å². The van der Waals surface area contributed by atoms with Crippen LogP contribution in [0.3, 0.4) is 0 Å². The monoisotopic (exact) mass is 364 g/mol. The molecule has 1 amide bonds. The molecule has 2 heterocycles. The summed E-state index contributed by atoms with van der Waals surface area (Å²) in [6.45, 7) is 2.03. The molecule has 0 spiro atoms. The fourth-order valence-corrected chi connectivity index (χ4v) is 3.92. The highest BCUT2D eigenvalue weighted by molar-refractivity contribution is 9.10. The zero-order valence-corrected chi connectivity index (χ0v) is 14.1. The van der Waals surface area contributed by atoms with E-state index in [1.54, 1.807) is 0 Å². The van der Waals surface area contributed by atoms with Crippen molar-refractivity contribution in [2.24, 2.45) is 4.99 Å². The summed E-state index contributed by atoms with van der Waals surface area (Å²) in [5, 5.41) is 0.878. The second-order valence-electron chi connectivity index (χ2n) is 5.27. The predicted octanol–water partition coefficient (Wildman–Crippen LogP) is 4.30. The lowest BCUT2D eigenvalue weighted by Crippen LogP contribution is -2.28. The fraction of sp³-hybridized carbons (Fsp3) is 0.375. The van der Waals surface area contributed by atoms with Crippen molar-refractivity contribution in [3.05, 3.63) is 39.2 Å². The molecular formula is C16H17BrN2OS. The van der Waals surface area contributed by atoms with Crippen molar-refractivity contribution >= 4 is 44.8 Å². The number of likely N-dealkylation sites (tertiary alicyclic amines) is 1. The maximum absolute atomic E-state index is 12.1. The largest absolute Gasteiger partial charge is 0.351 e. The first-order valence-corrected chi connectivity index (χ1v) is 8.86. The topological polar surface area (TPSA) is 32.7 Å². The van der Waals surface area contributed by atoms with E-state index in [4.69, 9.17) is 0 Å². The van der Waals surface area contributed by atoms with Crippen molar-refractivity contribution in [2.45, 2.75) is 25.7 Å². The minimum Gasteiger partial charge on any atom is -0.351 e. The van der Waals surface area contributed by atoms with Crippen molar-refractivity contribution in [3.8, 4) is 0 Å². The third-order valence-corrected chi connectivity index (χ3v) is 5.17. The van der Waals surface area contributed by atoms with Crippen LogP contribution in [0.1, 0.15) is 31.2 Å². The average molecular weight is 365 g/mol. The van der Waals surface area contributed by atoms with Gasteiger partial charge >= 0.3 is 0 Å². The summed E-state index contributed by atoms with van der Waals surface area (Å²) in [6, 6.07) is 7.95. The number of carbonyl (C=O) groups excluding carboxylic acids is 1. The van der Waals surface area contributed by atoms with E-state index in [9.17, 15) is 4.79 Å². The van der Waals surface area contributed by atoms with Gasteiger partial charge in [0.1, 0.15) is 0 Å². The molecular weight excluding hydrogens is 348 g/mol. The molecule has 0 aliphatic carbocycles. The van der Waals surface area contributed by atoms with E-state index in [1.165, 1.54) is 37.4 Å². The van der Waals surface area contributed by atoms with E-state index in [0.717, 1.165) is 28.3 Å². The molecule has 0 bridgehead atoms. The molecule has 2 aliphatic rings. The lowest BCUT2D eigenvalue weighted by atomic mass is 10.2. The van der Waals surface area contributed by atoms with E-state index in [1.807, 2.05) is 30.3 Å². The lowest BCUT2D eigenvalue weighted by Gasteiger charge is -2.20. The van der Waals surface area contributed by atoms with Crippen LogP contribution in [-0.2, 0) is 4.79 Å². The quantitative estimate of drug-likeness (QED) is 0.696. The van der Waals surface area contributed by atoms with Gasteiger partial charge in [0.2, 0.25) is 0 Å². The first-order chi connectivity index (χ1) is 10.2. The van der Waals surface area contributed by atoms with Crippen molar-refractivity contribution in [2.75, 3.05) is 13.1 Å². The van der Waals surface area contributed by atoms with Crippen LogP contribution in [-0.4, -0.2) is 29.1 Å². The molecule has 110 valence electrons. The highest BCUT2D eigenvalue weighted by atomic mass is 79.9. The number of carbonyl (C=O) groups is 1. The number of hydrogen-bond donors (Lipinski definition) is 0. The summed E-state index contributed by atoms with van der Waals surface area (Å²) in [5.41, 5.74) is 1.02. The Morgan fingerprint density at radius 3 is 2.67 bits per heavy atom. The van der Waals surface area contributed by atoms with Gasteiger partial charge in [0.15, 0.2) is 5.17 Å². The second kappa shape index (κ2) is 6.79. The average Bonchev–Trinajstić information content (AvgIpc) is 2.68. The molecule has 1 aromatic rings. The van der Waals surface area contributed by atoms with Gasteiger partial charge in [0.25, 0.3) is 5.91 Å². The van der Waals surface area contributed by atoms with Gasteiger partial charge in [-0.1, -0.05) is 40.9 Å². The van der Waals surface area contributed by atoms with Gasteiger partial charge in [0.05, 0.1) is 4.91 Å². The van der Waals surface area contributed by atoms with E-state index in [0.29, 0.717) is 4.91 Å². The number of aliphatic imine (C=N–C) groups is 1. The van der Waals surface area contributed by atoms with Gasteiger partial charge in [-0.25, -0.2) is 0 Å². The first-order valence-electron chi connectivity index (χ1n) is 7.25. The zero-order chi connectivity index (χ0) is 14.7. The minimum absolute atomic E-state index is 0.112. The highest BCUT2D eigenvalue weighted by Gasteiger charge is 2.26. The summed E-state index contributed by atoms with van der Waals surface area (Å²) in [4.78, 5) is 19.3. The standard InChI is InChI=1S/C16H17BrN2OS/c17-13-7-5-6-12(10-13)11-14-15(20)18-16(21-14)19-8-3-1-2-4-9-19/h5-7,10-11H,1-4,8-9H2/b14-11-. The van der Waals surface area contributed by atoms with Crippen molar-refractivity contribution in [1.82, 2.24) is 4.90 Å². The molecule has 1 fully saturated rings. The van der Waals surface area contributed by atoms with Gasteiger partial charge in [0, 0.05) is 17.6 Å². The Morgan fingerprint density at radius 1 is 1.19 bits per heavy atom. The number of benzene rings is 1. The van der Waals surface area contributed by atoms with E-state index in [-0.39, 0.29) is 5.91 Å². The Kier molecular flexibility index (Phi) is 4.80. The molecule has 0 aromatic heterocycles. The lowest BCUT2D eigenvalue weighted by molar-refractivity contribution is -0.113. The molecule has 1 aromatic carbocycles. The highest BCUT2D eigenvalue weighted by Crippen LogP contribution is 2.31. The molecule has 0 atom stereocenters. The van der Waals surface area contributed by atoms with Gasteiger partial charge < -0.3 is 4.90 Å². The molecule has 5 heteroatoms. The van der Waals surface area contributed by atoms with Gasteiger partial charge in [-0.05, 0) is 48.4 Å². The van der Waals surface area contributed by atoms with Crippen LogP contribution >= 0.6 is 27.7 Å². The Balaban J connectivity index is 1.75. The number of rotatable bonds is 1. The molecule has 1 saturated heterocycles. The van der Waals surface area contributed by atoms with Crippen LogP contribution in [0, 0.1) is 0 Å². The maximum Gasteiger partial charge on any atom is 0.286 e. The molecule has 3 rings (SSSR count). The maximum atomic E-state index is 12.1. The first kappa shape index (κ1) is 14.9. The van der Waals surface area contributed by atoms with Crippen LogP contribution in [0.2, 0.25) is 0 Å². The third kappa shape index (κ3) is 3.77. The summed E-state index contributed by atoms with van der Waals surface area (Å²) in [6.07, 6.45) is 6.87. The molecule has 2 aliphatic heterocycles. The minimum atomic E-state index is -0.112. The van der Waals surface area contributed by atoms with E-state index < -0.39 is 0 Å². The predicted molar refractivity (Wildman–Crippen MR) is 92.2 cm³/mol. The van der Waals surface area contributed by atoms with E-state index >= 15 is 0 Å². The van der Waals surface area contributed by atoms with Crippen LogP contribution in [0.5, 0.6) is 0 Å². The molecule has 0 unspecified atom stereocenters. The zero-order valence-electron chi connectivity index (χ0n) is 11.7. The van der Waals surface area contributed by atoms with Crippen molar-refractivity contribution in [3.63, 3.8) is 0 Å². The molecule has 0 saturated carbocycles. The Hall–Kier alpha value is -1.07. The van der Waals surface area contributed by atoms with Crippen LogP contribution in [0.25, 0.3) is 6.08 Å². The Bertz CT molecular complexity index is 604. The fourth-order valence-electron chi connectivity index (χ4n) is 2.54. The van der Waals surface area contributed by atoms with Crippen LogP contribution < -0.4 is 0 Å². The van der Waals surface area contributed by atoms with E-state index in [2.05, 4.69) is 25.8 Å². The molecule has 0 N–H and O–H groups in total. The summed E-state index contributed by atoms with van der Waals surface area (Å²) < 4.78 is 1.01. The van der Waals surface area contributed by atoms with Crippen LogP contribution in [0.15, 0.2) is 38.6 Å². The van der Waals surface area contributed by atoms with Gasteiger partial charge in [-0.3, -0.25) is 4.79 Å². The third-order valence-electron chi connectivity index (χ3n) is 3.63. The number of amidine groups is 1. The summed E-state index contributed by atoms with van der Waals surface area (Å²) in [5.74, 6) is -0.112. The smallest absolute Gasteiger partial charge is 0.286 e. The number of amides is 1. The van der Waals surface area contributed by atoms with Crippen molar-refractivity contribution in [1.29, 1.82) is 0 Å². The van der Waals surface area contributed by atoms with Crippen molar-refractivity contribution < 1.29 is 4.79 Å². The van der Waals surface area contributed by atoms with Gasteiger partial charge in [-0.15, -0.1) is 0 Å². The number of nitrogens with zero attached hydrogens (tertiary/aromatic N) is 2.